The summed E-state index contributed by atoms with van der Waals surface area (Å²) in [5.74, 6) is 0.983. The molecule has 0 aliphatic heterocycles. The minimum Gasteiger partial charge on any atom is -0.335 e. The van der Waals surface area contributed by atoms with E-state index in [9.17, 15) is 0 Å². The van der Waals surface area contributed by atoms with Crippen LogP contribution in [0.1, 0.15) is 36.3 Å². The molecule has 0 N–H and O–H groups in total. The maximum Gasteiger partial charge on any atom is 0.151 e. The Balaban J connectivity index is 2.28. The lowest BCUT2D eigenvalue weighted by atomic mass is 10.2. The molecule has 0 aromatic carbocycles. The molecule has 5 heteroatoms. The zero-order valence-corrected chi connectivity index (χ0v) is 11.7. The molecule has 4 nitrogen and oxygen atoms in total. The van der Waals surface area contributed by atoms with Crippen LogP contribution in [0.2, 0.25) is 5.15 Å². The van der Waals surface area contributed by atoms with Crippen molar-refractivity contribution in [2.24, 2.45) is 0 Å². The Morgan fingerprint density at radius 2 is 1.94 bits per heavy atom. The third-order valence-electron chi connectivity index (χ3n) is 2.92. The summed E-state index contributed by atoms with van der Waals surface area (Å²) in [6.45, 7) is 6.97. The van der Waals surface area contributed by atoms with Gasteiger partial charge < -0.3 is 4.57 Å². The van der Waals surface area contributed by atoms with Gasteiger partial charge in [0, 0.05) is 18.9 Å². The molecule has 96 valence electrons. The number of rotatable bonds is 4. The third kappa shape index (κ3) is 2.70. The maximum absolute atomic E-state index is 6.14. The Morgan fingerprint density at radius 1 is 1.22 bits per heavy atom. The van der Waals surface area contributed by atoms with Gasteiger partial charge in [0.05, 0.1) is 23.5 Å². The minimum atomic E-state index is 0.476. The summed E-state index contributed by atoms with van der Waals surface area (Å²) in [5, 5.41) is 0.476. The van der Waals surface area contributed by atoms with Gasteiger partial charge in [0.15, 0.2) is 5.15 Å². The van der Waals surface area contributed by atoms with Crippen LogP contribution in [0, 0.1) is 13.8 Å². The maximum atomic E-state index is 6.14. The smallest absolute Gasteiger partial charge is 0.151 e. The van der Waals surface area contributed by atoms with Crippen molar-refractivity contribution < 1.29 is 0 Å². The number of aromatic nitrogens is 4. The predicted octanol–water partition coefficient (Wildman–Crippen LogP) is 2.94. The highest BCUT2D eigenvalue weighted by atomic mass is 35.5. The molecule has 0 spiro atoms. The van der Waals surface area contributed by atoms with Crippen LogP contribution in [-0.4, -0.2) is 19.5 Å². The molecule has 2 aromatic heterocycles. The Kier molecular flexibility index (Phi) is 3.97. The van der Waals surface area contributed by atoms with Crippen LogP contribution in [0.5, 0.6) is 0 Å². The van der Waals surface area contributed by atoms with Crippen molar-refractivity contribution in [2.75, 3.05) is 0 Å². The summed E-state index contributed by atoms with van der Waals surface area (Å²) < 4.78 is 2.13. The van der Waals surface area contributed by atoms with Gasteiger partial charge >= 0.3 is 0 Å². The van der Waals surface area contributed by atoms with Crippen molar-refractivity contribution in [1.82, 2.24) is 19.5 Å². The quantitative estimate of drug-likeness (QED) is 0.853. The average Bonchev–Trinajstić information content (AvgIpc) is 2.74. The fourth-order valence-corrected chi connectivity index (χ4v) is 2.07. The first-order valence-corrected chi connectivity index (χ1v) is 6.49. The van der Waals surface area contributed by atoms with Gasteiger partial charge in [0.25, 0.3) is 0 Å². The first-order chi connectivity index (χ1) is 8.61. The number of aryl methyl sites for hydroxylation is 3. The van der Waals surface area contributed by atoms with Crippen molar-refractivity contribution in [3.63, 3.8) is 0 Å². The fourth-order valence-electron chi connectivity index (χ4n) is 1.84. The summed E-state index contributed by atoms with van der Waals surface area (Å²) in [6, 6.07) is 0. The van der Waals surface area contributed by atoms with Gasteiger partial charge in [0.2, 0.25) is 0 Å². The van der Waals surface area contributed by atoms with Crippen LogP contribution in [0.25, 0.3) is 0 Å². The van der Waals surface area contributed by atoms with E-state index in [0.717, 1.165) is 35.9 Å². The monoisotopic (exact) mass is 264 g/mol. The first-order valence-electron chi connectivity index (χ1n) is 6.11. The van der Waals surface area contributed by atoms with Crippen LogP contribution in [0.15, 0.2) is 12.4 Å². The molecule has 0 amide bonds. The van der Waals surface area contributed by atoms with E-state index in [1.54, 1.807) is 0 Å². The van der Waals surface area contributed by atoms with Crippen LogP contribution in [0.4, 0.5) is 0 Å². The second kappa shape index (κ2) is 5.48. The fraction of sp³-hybridized carbons (Fsp3) is 0.462. The number of hydrogen-bond donors (Lipinski definition) is 0. The Morgan fingerprint density at radius 3 is 2.67 bits per heavy atom. The van der Waals surface area contributed by atoms with Crippen LogP contribution >= 0.6 is 11.6 Å². The van der Waals surface area contributed by atoms with Crippen molar-refractivity contribution in [2.45, 2.75) is 40.2 Å². The molecule has 2 aromatic rings. The van der Waals surface area contributed by atoms with Gasteiger partial charge in [-0.2, -0.15) is 0 Å². The lowest BCUT2D eigenvalue weighted by Gasteiger charge is -2.08. The number of halogens is 1. The third-order valence-corrected chi connectivity index (χ3v) is 3.22. The second-order valence-electron chi connectivity index (χ2n) is 4.35. The summed E-state index contributed by atoms with van der Waals surface area (Å²) in [4.78, 5) is 13.2. The highest BCUT2D eigenvalue weighted by molar-refractivity contribution is 6.30. The zero-order chi connectivity index (χ0) is 13.1. The molecule has 0 unspecified atom stereocenters. The van der Waals surface area contributed by atoms with Gasteiger partial charge in [-0.15, -0.1) is 0 Å². The van der Waals surface area contributed by atoms with Crippen molar-refractivity contribution >= 4 is 11.6 Å². The number of hydrogen-bond acceptors (Lipinski definition) is 3. The molecule has 2 rings (SSSR count). The largest absolute Gasteiger partial charge is 0.335 e. The predicted molar refractivity (Wildman–Crippen MR) is 71.8 cm³/mol. The van der Waals surface area contributed by atoms with E-state index in [2.05, 4.69) is 26.4 Å². The number of imidazole rings is 1. The summed E-state index contributed by atoms with van der Waals surface area (Å²) in [7, 11) is 0. The molecule has 0 atom stereocenters. The Bertz CT molecular complexity index is 548. The highest BCUT2D eigenvalue weighted by Crippen LogP contribution is 2.16. The van der Waals surface area contributed by atoms with Gasteiger partial charge in [-0.25, -0.2) is 9.97 Å². The Hall–Kier alpha value is -1.42. The summed E-state index contributed by atoms with van der Waals surface area (Å²) >= 11 is 6.14. The van der Waals surface area contributed by atoms with E-state index in [-0.39, 0.29) is 0 Å². The molecule has 0 fully saturated rings. The van der Waals surface area contributed by atoms with Gasteiger partial charge in [-0.05, 0) is 20.3 Å². The molecular weight excluding hydrogens is 248 g/mol. The van der Waals surface area contributed by atoms with Crippen LogP contribution < -0.4 is 0 Å². The van der Waals surface area contributed by atoms with Crippen molar-refractivity contribution in [1.29, 1.82) is 0 Å². The molecule has 0 radical (unpaired) electrons. The molecule has 0 aliphatic carbocycles. The standard InChI is InChI=1S/C13H17ClN4/c1-4-6-18-7-5-15-12(18)8-11-13(14)17-10(3)9(2)16-11/h5,7H,4,6,8H2,1-3H3. The van der Waals surface area contributed by atoms with E-state index < -0.39 is 0 Å². The van der Waals surface area contributed by atoms with E-state index in [0.29, 0.717) is 11.6 Å². The lowest BCUT2D eigenvalue weighted by molar-refractivity contribution is 0.644. The van der Waals surface area contributed by atoms with E-state index in [4.69, 9.17) is 11.6 Å². The SMILES string of the molecule is CCCn1ccnc1Cc1nc(C)c(C)nc1Cl. The first kappa shape index (κ1) is 13.0. The molecule has 0 saturated carbocycles. The van der Waals surface area contributed by atoms with Gasteiger partial charge in [0.1, 0.15) is 5.82 Å². The summed E-state index contributed by atoms with van der Waals surface area (Å²) in [6.07, 6.45) is 5.50. The minimum absolute atomic E-state index is 0.476. The topological polar surface area (TPSA) is 43.6 Å². The van der Waals surface area contributed by atoms with E-state index in [1.165, 1.54) is 0 Å². The number of nitrogens with zero attached hydrogens (tertiary/aromatic N) is 4. The molecule has 0 bridgehead atoms. The molecule has 0 aliphatic rings. The summed E-state index contributed by atoms with van der Waals surface area (Å²) in [5.41, 5.74) is 2.59. The van der Waals surface area contributed by atoms with Crippen molar-refractivity contribution in [3.05, 3.63) is 40.5 Å². The lowest BCUT2D eigenvalue weighted by Crippen LogP contribution is -2.07. The molecule has 0 saturated heterocycles. The van der Waals surface area contributed by atoms with Crippen molar-refractivity contribution in [3.8, 4) is 0 Å². The Labute approximate surface area is 112 Å². The van der Waals surface area contributed by atoms with Crippen LogP contribution in [-0.2, 0) is 13.0 Å². The van der Waals surface area contributed by atoms with Gasteiger partial charge in [-0.1, -0.05) is 18.5 Å². The highest BCUT2D eigenvalue weighted by Gasteiger charge is 2.11. The van der Waals surface area contributed by atoms with E-state index in [1.807, 2.05) is 26.2 Å². The molecule has 18 heavy (non-hydrogen) atoms. The van der Waals surface area contributed by atoms with Gasteiger partial charge in [-0.3, -0.25) is 4.98 Å². The normalized spacial score (nSPS) is 10.9. The average molecular weight is 265 g/mol. The molecular formula is C13H17ClN4. The molecule has 2 heterocycles. The zero-order valence-electron chi connectivity index (χ0n) is 10.9. The second-order valence-corrected chi connectivity index (χ2v) is 4.70. The van der Waals surface area contributed by atoms with Crippen LogP contribution in [0.3, 0.4) is 0 Å². The van der Waals surface area contributed by atoms with E-state index >= 15 is 0 Å².